The quantitative estimate of drug-likeness (QED) is 0.864. The Morgan fingerprint density at radius 3 is 2.52 bits per heavy atom. The van der Waals surface area contributed by atoms with E-state index in [-0.39, 0.29) is 11.8 Å². The zero-order valence-electron chi connectivity index (χ0n) is 14.3. The molecule has 4 rings (SSSR count). The summed E-state index contributed by atoms with van der Waals surface area (Å²) in [6.07, 6.45) is 5.19. The highest BCUT2D eigenvalue weighted by Gasteiger charge is 2.38. The predicted octanol–water partition coefficient (Wildman–Crippen LogP) is 2.53. The predicted molar refractivity (Wildman–Crippen MR) is 95.0 cm³/mol. The van der Waals surface area contributed by atoms with E-state index < -0.39 is 6.04 Å². The monoisotopic (exact) mass is 337 g/mol. The number of amides is 2. The van der Waals surface area contributed by atoms with Gasteiger partial charge in [0.25, 0.3) is 5.91 Å². The molecule has 25 heavy (non-hydrogen) atoms. The van der Waals surface area contributed by atoms with Crippen molar-refractivity contribution in [2.45, 2.75) is 38.4 Å². The molecule has 0 N–H and O–H groups in total. The lowest BCUT2D eigenvalue weighted by Crippen LogP contribution is -2.56. The van der Waals surface area contributed by atoms with Crippen molar-refractivity contribution in [2.75, 3.05) is 13.1 Å². The maximum atomic E-state index is 13.1. The molecular formula is C20H23N3O2. The van der Waals surface area contributed by atoms with Crippen LogP contribution in [0.25, 0.3) is 0 Å². The molecule has 130 valence electrons. The smallest absolute Gasteiger partial charge is 0.271 e. The highest BCUT2D eigenvalue weighted by Crippen LogP contribution is 2.23. The maximum absolute atomic E-state index is 13.1. The Kier molecular flexibility index (Phi) is 4.30. The molecule has 1 atom stereocenters. The fraction of sp³-hybridized carbons (Fsp3) is 0.400. The molecule has 5 nitrogen and oxygen atoms in total. The van der Waals surface area contributed by atoms with Gasteiger partial charge in [0.05, 0.1) is 6.54 Å². The molecule has 1 fully saturated rings. The highest BCUT2D eigenvalue weighted by molar-refractivity contribution is 5.97. The number of rotatable bonds is 3. The number of benzene rings is 1. The molecule has 3 heterocycles. The van der Waals surface area contributed by atoms with Crippen molar-refractivity contribution in [3.8, 4) is 0 Å². The summed E-state index contributed by atoms with van der Waals surface area (Å²) in [7, 11) is 0. The molecule has 1 aromatic heterocycles. The van der Waals surface area contributed by atoms with Crippen LogP contribution in [0.15, 0.2) is 48.7 Å². The van der Waals surface area contributed by atoms with Crippen LogP contribution in [0.1, 0.15) is 35.3 Å². The number of piperidine rings is 1. The molecule has 0 spiro atoms. The molecule has 0 radical (unpaired) electrons. The van der Waals surface area contributed by atoms with Crippen LogP contribution in [0.3, 0.4) is 0 Å². The van der Waals surface area contributed by atoms with Gasteiger partial charge in [-0.25, -0.2) is 0 Å². The van der Waals surface area contributed by atoms with Crippen LogP contribution in [0, 0.1) is 0 Å². The van der Waals surface area contributed by atoms with Gasteiger partial charge in [-0.2, -0.15) is 0 Å². The molecule has 0 saturated carbocycles. The zero-order chi connectivity index (χ0) is 17.2. The molecule has 1 unspecified atom stereocenters. The number of carbonyl (C=O) groups excluding carboxylic acids is 2. The molecular weight excluding hydrogens is 314 g/mol. The van der Waals surface area contributed by atoms with Crippen molar-refractivity contribution >= 4 is 11.8 Å². The first-order valence-electron chi connectivity index (χ1n) is 9.03. The summed E-state index contributed by atoms with van der Waals surface area (Å²) < 4.78 is 1.91. The van der Waals surface area contributed by atoms with Crippen LogP contribution < -0.4 is 0 Å². The Labute approximate surface area is 147 Å². The SMILES string of the molecule is O=C(C1Cn2cccc2C(=O)N1Cc1ccccc1)N1CCCCC1. The summed E-state index contributed by atoms with van der Waals surface area (Å²) >= 11 is 0. The van der Waals surface area contributed by atoms with Crippen LogP contribution in [-0.2, 0) is 17.9 Å². The first-order chi connectivity index (χ1) is 12.2. The minimum absolute atomic E-state index is 0.0598. The molecule has 2 aliphatic heterocycles. The van der Waals surface area contributed by atoms with Crippen LogP contribution in [0.4, 0.5) is 0 Å². The van der Waals surface area contributed by atoms with E-state index in [9.17, 15) is 9.59 Å². The Hall–Kier alpha value is -2.56. The van der Waals surface area contributed by atoms with Crippen LogP contribution in [0.2, 0.25) is 0 Å². The summed E-state index contributed by atoms with van der Waals surface area (Å²) in [6, 6.07) is 13.2. The maximum Gasteiger partial charge on any atom is 0.271 e. The fourth-order valence-electron chi connectivity index (χ4n) is 3.84. The van der Waals surface area contributed by atoms with Gasteiger partial charge >= 0.3 is 0 Å². The van der Waals surface area contributed by atoms with Crippen molar-refractivity contribution < 1.29 is 9.59 Å². The molecule has 2 amide bonds. The number of hydrogen-bond acceptors (Lipinski definition) is 2. The summed E-state index contributed by atoms with van der Waals surface area (Å²) in [6.45, 7) is 2.62. The average molecular weight is 337 g/mol. The number of likely N-dealkylation sites (tertiary alicyclic amines) is 1. The third-order valence-corrected chi connectivity index (χ3v) is 5.20. The number of aromatic nitrogens is 1. The summed E-state index contributed by atoms with van der Waals surface area (Å²) in [5.41, 5.74) is 1.71. The van der Waals surface area contributed by atoms with Crippen LogP contribution in [-0.4, -0.2) is 45.3 Å². The topological polar surface area (TPSA) is 45.6 Å². The van der Waals surface area contributed by atoms with Crippen molar-refractivity contribution in [1.82, 2.24) is 14.4 Å². The van der Waals surface area contributed by atoms with Gasteiger partial charge in [0, 0.05) is 25.8 Å². The van der Waals surface area contributed by atoms with Gasteiger partial charge in [-0.1, -0.05) is 30.3 Å². The van der Waals surface area contributed by atoms with E-state index in [1.165, 1.54) is 6.42 Å². The van der Waals surface area contributed by atoms with E-state index in [0.29, 0.717) is 18.8 Å². The standard InChI is InChI=1S/C20H23N3O2/c24-19(21-11-5-2-6-12-21)18-15-22-13-7-10-17(22)20(25)23(18)14-16-8-3-1-4-9-16/h1,3-4,7-10,13,18H,2,5-6,11-12,14-15H2. The molecule has 2 aliphatic rings. The van der Waals surface area contributed by atoms with Crippen molar-refractivity contribution in [3.63, 3.8) is 0 Å². The Morgan fingerprint density at radius 1 is 1.00 bits per heavy atom. The lowest BCUT2D eigenvalue weighted by Gasteiger charge is -2.39. The number of nitrogens with zero attached hydrogens (tertiary/aromatic N) is 3. The summed E-state index contributed by atoms with van der Waals surface area (Å²) in [5.74, 6) is 0.0267. The summed E-state index contributed by atoms with van der Waals surface area (Å²) in [5, 5.41) is 0. The van der Waals surface area contributed by atoms with E-state index in [1.54, 1.807) is 4.90 Å². The van der Waals surface area contributed by atoms with Gasteiger partial charge < -0.3 is 14.4 Å². The van der Waals surface area contributed by atoms with Crippen molar-refractivity contribution in [3.05, 3.63) is 59.9 Å². The third kappa shape index (κ3) is 3.06. The van der Waals surface area contributed by atoms with Gasteiger partial charge in [0.2, 0.25) is 5.91 Å². The van der Waals surface area contributed by atoms with Gasteiger partial charge in [-0.3, -0.25) is 9.59 Å². The third-order valence-electron chi connectivity index (χ3n) is 5.20. The molecule has 2 aromatic rings. The van der Waals surface area contributed by atoms with E-state index in [1.807, 2.05) is 58.1 Å². The van der Waals surface area contributed by atoms with Gasteiger partial charge in [0.15, 0.2) is 0 Å². The first-order valence-corrected chi connectivity index (χ1v) is 9.03. The number of fused-ring (bicyclic) bond motifs is 1. The number of carbonyl (C=O) groups is 2. The zero-order valence-corrected chi connectivity index (χ0v) is 14.3. The first kappa shape index (κ1) is 15.9. The summed E-state index contributed by atoms with van der Waals surface area (Å²) in [4.78, 5) is 29.9. The molecule has 0 aliphatic carbocycles. The normalized spacial score (nSPS) is 20.5. The second-order valence-corrected chi connectivity index (χ2v) is 6.87. The fourth-order valence-corrected chi connectivity index (χ4v) is 3.84. The van der Waals surface area contributed by atoms with Crippen molar-refractivity contribution in [1.29, 1.82) is 0 Å². The van der Waals surface area contributed by atoms with E-state index in [0.717, 1.165) is 31.5 Å². The highest BCUT2D eigenvalue weighted by atomic mass is 16.2. The second-order valence-electron chi connectivity index (χ2n) is 6.87. The Morgan fingerprint density at radius 2 is 1.76 bits per heavy atom. The molecule has 1 aromatic carbocycles. The largest absolute Gasteiger partial charge is 0.341 e. The molecule has 1 saturated heterocycles. The lowest BCUT2D eigenvalue weighted by atomic mass is 10.1. The lowest BCUT2D eigenvalue weighted by molar-refractivity contribution is -0.138. The second kappa shape index (κ2) is 6.75. The van der Waals surface area contributed by atoms with E-state index in [4.69, 9.17) is 0 Å². The molecule has 5 heteroatoms. The molecule has 0 bridgehead atoms. The van der Waals surface area contributed by atoms with Gasteiger partial charge in [-0.05, 0) is 37.0 Å². The number of hydrogen-bond donors (Lipinski definition) is 0. The van der Waals surface area contributed by atoms with Gasteiger partial charge in [-0.15, -0.1) is 0 Å². The van der Waals surface area contributed by atoms with Crippen LogP contribution >= 0.6 is 0 Å². The van der Waals surface area contributed by atoms with E-state index in [2.05, 4.69) is 0 Å². The Bertz CT molecular complexity index is 762. The van der Waals surface area contributed by atoms with Gasteiger partial charge in [0.1, 0.15) is 11.7 Å². The van der Waals surface area contributed by atoms with Crippen molar-refractivity contribution in [2.24, 2.45) is 0 Å². The Balaban J connectivity index is 1.64. The minimum Gasteiger partial charge on any atom is -0.341 e. The van der Waals surface area contributed by atoms with E-state index >= 15 is 0 Å². The van der Waals surface area contributed by atoms with Crippen LogP contribution in [0.5, 0.6) is 0 Å². The minimum atomic E-state index is -0.425. The average Bonchev–Trinajstić information content (AvgIpc) is 3.14.